The first-order chi connectivity index (χ1) is 12.5. The van der Waals surface area contributed by atoms with Crippen molar-refractivity contribution in [1.82, 2.24) is 15.1 Å². The number of carbonyl (C=O) groups is 1. The third-order valence-electron chi connectivity index (χ3n) is 4.16. The maximum absolute atomic E-state index is 12.0. The molecule has 1 N–H and O–H groups in total. The number of amides is 1. The van der Waals surface area contributed by atoms with Crippen LogP contribution in [0.15, 0.2) is 60.7 Å². The van der Waals surface area contributed by atoms with E-state index in [1.54, 1.807) is 6.08 Å². The first-order valence-electron chi connectivity index (χ1n) is 8.66. The van der Waals surface area contributed by atoms with Gasteiger partial charge in [-0.25, -0.2) is 4.68 Å². The Morgan fingerprint density at radius 2 is 1.73 bits per heavy atom. The highest BCUT2D eigenvalue weighted by molar-refractivity contribution is 5.91. The van der Waals surface area contributed by atoms with Crippen LogP contribution in [0.3, 0.4) is 0 Å². The van der Waals surface area contributed by atoms with Gasteiger partial charge in [-0.15, -0.1) is 0 Å². The Balaban J connectivity index is 1.57. The Morgan fingerprint density at radius 1 is 1.04 bits per heavy atom. The van der Waals surface area contributed by atoms with E-state index in [2.05, 4.69) is 16.5 Å². The molecule has 0 fully saturated rings. The summed E-state index contributed by atoms with van der Waals surface area (Å²) in [4.78, 5) is 12.0. The molecule has 0 aliphatic carbocycles. The summed E-state index contributed by atoms with van der Waals surface area (Å²) in [6.45, 7) is 6.56. The SMILES string of the molecule is Cc1ccc(/C=C/C(=O)NCc2ccc(-n3nc(C)cc3C)cc2)cc1. The van der Waals surface area contributed by atoms with Gasteiger partial charge in [0.05, 0.1) is 11.4 Å². The number of benzene rings is 2. The number of hydrogen-bond acceptors (Lipinski definition) is 2. The van der Waals surface area contributed by atoms with E-state index in [1.165, 1.54) is 5.56 Å². The fourth-order valence-electron chi connectivity index (χ4n) is 2.74. The van der Waals surface area contributed by atoms with E-state index < -0.39 is 0 Å². The molecule has 0 unspecified atom stereocenters. The highest BCUT2D eigenvalue weighted by Gasteiger charge is 2.04. The van der Waals surface area contributed by atoms with Crippen LogP contribution in [0.1, 0.15) is 28.1 Å². The van der Waals surface area contributed by atoms with Gasteiger partial charge in [-0.2, -0.15) is 5.10 Å². The molecule has 0 aliphatic rings. The molecule has 0 saturated heterocycles. The van der Waals surface area contributed by atoms with Gasteiger partial charge < -0.3 is 5.32 Å². The first-order valence-corrected chi connectivity index (χ1v) is 8.66. The van der Waals surface area contributed by atoms with Crippen molar-refractivity contribution >= 4 is 12.0 Å². The van der Waals surface area contributed by atoms with Crippen LogP contribution >= 0.6 is 0 Å². The number of carbonyl (C=O) groups excluding carboxylic acids is 1. The molecule has 1 amide bonds. The Morgan fingerprint density at radius 3 is 2.35 bits per heavy atom. The Kier molecular flexibility index (Phi) is 5.32. The number of hydrogen-bond donors (Lipinski definition) is 1. The summed E-state index contributed by atoms with van der Waals surface area (Å²) in [5, 5.41) is 7.39. The second-order valence-corrected chi connectivity index (χ2v) is 6.47. The molecule has 0 saturated carbocycles. The van der Waals surface area contributed by atoms with E-state index in [9.17, 15) is 4.79 Å². The highest BCUT2D eigenvalue weighted by atomic mass is 16.1. The van der Waals surface area contributed by atoms with E-state index in [1.807, 2.05) is 80.1 Å². The van der Waals surface area contributed by atoms with Crippen molar-refractivity contribution in [2.45, 2.75) is 27.3 Å². The molecule has 0 atom stereocenters. The summed E-state index contributed by atoms with van der Waals surface area (Å²) in [5.41, 5.74) is 6.39. The van der Waals surface area contributed by atoms with E-state index in [0.717, 1.165) is 28.2 Å². The molecule has 26 heavy (non-hydrogen) atoms. The summed E-state index contributed by atoms with van der Waals surface area (Å²) < 4.78 is 1.92. The molecule has 0 aliphatic heterocycles. The fraction of sp³-hybridized carbons (Fsp3) is 0.182. The molecule has 132 valence electrons. The molecule has 1 aromatic heterocycles. The van der Waals surface area contributed by atoms with Crippen LogP contribution in [-0.2, 0) is 11.3 Å². The fourth-order valence-corrected chi connectivity index (χ4v) is 2.74. The highest BCUT2D eigenvalue weighted by Crippen LogP contribution is 2.13. The van der Waals surface area contributed by atoms with Crippen LogP contribution in [0.2, 0.25) is 0 Å². The number of rotatable bonds is 5. The molecule has 0 spiro atoms. The topological polar surface area (TPSA) is 46.9 Å². The van der Waals surface area contributed by atoms with Gasteiger partial charge in [-0.3, -0.25) is 4.79 Å². The van der Waals surface area contributed by atoms with E-state index >= 15 is 0 Å². The lowest BCUT2D eigenvalue weighted by molar-refractivity contribution is -0.116. The zero-order valence-corrected chi connectivity index (χ0v) is 15.4. The first kappa shape index (κ1) is 17.7. The second-order valence-electron chi connectivity index (χ2n) is 6.47. The van der Waals surface area contributed by atoms with Gasteiger partial charge >= 0.3 is 0 Å². The van der Waals surface area contributed by atoms with E-state index in [-0.39, 0.29) is 5.91 Å². The number of aromatic nitrogens is 2. The standard InChI is InChI=1S/C22H23N3O/c1-16-4-6-19(7-5-16)10-13-22(26)23-15-20-8-11-21(12-9-20)25-18(3)14-17(2)24-25/h4-14H,15H2,1-3H3,(H,23,26)/b13-10+. The van der Waals surface area contributed by atoms with Crippen LogP contribution in [-0.4, -0.2) is 15.7 Å². The predicted octanol–water partition coefficient (Wildman–Crippen LogP) is 4.13. The normalized spacial score (nSPS) is 11.0. The van der Waals surface area contributed by atoms with Gasteiger partial charge in [-0.05, 0) is 56.2 Å². The minimum Gasteiger partial charge on any atom is -0.348 e. The summed E-state index contributed by atoms with van der Waals surface area (Å²) in [7, 11) is 0. The molecule has 1 heterocycles. The maximum Gasteiger partial charge on any atom is 0.244 e. The lowest BCUT2D eigenvalue weighted by Crippen LogP contribution is -2.20. The minimum absolute atomic E-state index is 0.104. The molecule has 3 rings (SSSR count). The quantitative estimate of drug-likeness (QED) is 0.707. The summed E-state index contributed by atoms with van der Waals surface area (Å²) in [6, 6.07) is 18.2. The second kappa shape index (κ2) is 7.83. The van der Waals surface area contributed by atoms with Gasteiger partial charge in [-0.1, -0.05) is 42.0 Å². The van der Waals surface area contributed by atoms with Crippen LogP contribution in [0.4, 0.5) is 0 Å². The molecule has 4 heteroatoms. The largest absolute Gasteiger partial charge is 0.348 e. The van der Waals surface area contributed by atoms with Crippen molar-refractivity contribution in [3.63, 3.8) is 0 Å². The Labute approximate surface area is 154 Å². The molecule has 0 bridgehead atoms. The smallest absolute Gasteiger partial charge is 0.244 e. The van der Waals surface area contributed by atoms with Crippen molar-refractivity contribution < 1.29 is 4.79 Å². The van der Waals surface area contributed by atoms with Crippen molar-refractivity contribution in [3.8, 4) is 5.69 Å². The van der Waals surface area contributed by atoms with E-state index in [0.29, 0.717) is 6.54 Å². The van der Waals surface area contributed by atoms with Crippen molar-refractivity contribution in [2.24, 2.45) is 0 Å². The number of nitrogens with zero attached hydrogens (tertiary/aromatic N) is 2. The van der Waals surface area contributed by atoms with Crippen LogP contribution < -0.4 is 5.32 Å². The summed E-state index contributed by atoms with van der Waals surface area (Å²) in [5.74, 6) is -0.104. The molecular weight excluding hydrogens is 322 g/mol. The summed E-state index contributed by atoms with van der Waals surface area (Å²) in [6.07, 6.45) is 3.38. The zero-order chi connectivity index (χ0) is 18.5. The van der Waals surface area contributed by atoms with Crippen molar-refractivity contribution in [1.29, 1.82) is 0 Å². The van der Waals surface area contributed by atoms with E-state index in [4.69, 9.17) is 0 Å². The average Bonchev–Trinajstić information content (AvgIpc) is 2.98. The van der Waals surface area contributed by atoms with Crippen molar-refractivity contribution in [3.05, 3.63) is 88.8 Å². The van der Waals surface area contributed by atoms with Crippen molar-refractivity contribution in [2.75, 3.05) is 0 Å². The zero-order valence-electron chi connectivity index (χ0n) is 15.4. The van der Waals surface area contributed by atoms with Crippen LogP contribution in [0.25, 0.3) is 11.8 Å². The third kappa shape index (κ3) is 4.48. The minimum atomic E-state index is -0.104. The van der Waals surface area contributed by atoms with Gasteiger partial charge in [0.1, 0.15) is 0 Å². The Bertz CT molecular complexity index is 919. The maximum atomic E-state index is 12.0. The lowest BCUT2D eigenvalue weighted by atomic mass is 10.1. The molecule has 3 aromatic rings. The molecule has 0 radical (unpaired) electrons. The van der Waals surface area contributed by atoms with Gasteiger partial charge in [0.15, 0.2) is 0 Å². The van der Waals surface area contributed by atoms with Gasteiger partial charge in [0, 0.05) is 18.3 Å². The number of aryl methyl sites for hydroxylation is 3. The van der Waals surface area contributed by atoms with Crippen LogP contribution in [0.5, 0.6) is 0 Å². The monoisotopic (exact) mass is 345 g/mol. The molecule has 4 nitrogen and oxygen atoms in total. The third-order valence-corrected chi connectivity index (χ3v) is 4.16. The summed E-state index contributed by atoms with van der Waals surface area (Å²) >= 11 is 0. The molecular formula is C22H23N3O. The lowest BCUT2D eigenvalue weighted by Gasteiger charge is -2.07. The molecule has 2 aromatic carbocycles. The predicted molar refractivity (Wildman–Crippen MR) is 105 cm³/mol. The van der Waals surface area contributed by atoms with Gasteiger partial charge in [0.2, 0.25) is 5.91 Å². The number of nitrogens with one attached hydrogen (secondary N) is 1. The van der Waals surface area contributed by atoms with Crippen LogP contribution in [0, 0.1) is 20.8 Å². The van der Waals surface area contributed by atoms with Gasteiger partial charge in [0.25, 0.3) is 0 Å². The Hall–Kier alpha value is -3.14. The average molecular weight is 345 g/mol.